The first kappa shape index (κ1) is 14.9. The molecule has 3 heteroatoms. The van der Waals surface area contributed by atoms with E-state index in [1.165, 1.54) is 4.90 Å². The van der Waals surface area contributed by atoms with Crippen LogP contribution in [0.4, 0.5) is 0 Å². The highest BCUT2D eigenvalue weighted by Crippen LogP contribution is 2.30. The summed E-state index contributed by atoms with van der Waals surface area (Å²) in [6.45, 7) is 9.03. The minimum absolute atomic E-state index is 0.00745. The molecule has 0 fully saturated rings. The third-order valence-corrected chi connectivity index (χ3v) is 2.79. The number of hydrogen-bond acceptors (Lipinski definition) is 2. The second kappa shape index (κ2) is 5.83. The van der Waals surface area contributed by atoms with E-state index in [4.69, 9.17) is 0 Å². The topological polar surface area (TPSA) is 37.4 Å². The van der Waals surface area contributed by atoms with Gasteiger partial charge in [-0.1, -0.05) is 19.9 Å². The van der Waals surface area contributed by atoms with Crippen LogP contribution in [-0.4, -0.2) is 30.7 Å². The molecule has 0 aromatic rings. The van der Waals surface area contributed by atoms with E-state index < -0.39 is 5.41 Å². The summed E-state index contributed by atoms with van der Waals surface area (Å²) in [5, 5.41) is 0. The molecule has 0 radical (unpaired) electrons. The molecule has 1 atom stereocenters. The highest BCUT2D eigenvalue weighted by Gasteiger charge is 2.41. The van der Waals surface area contributed by atoms with Crippen LogP contribution in [0.1, 0.15) is 33.6 Å². The van der Waals surface area contributed by atoms with Crippen LogP contribution < -0.4 is 0 Å². The Morgan fingerprint density at radius 1 is 1.38 bits per heavy atom. The number of amides is 1. The Kier molecular flexibility index (Phi) is 5.42. The molecule has 0 saturated heterocycles. The summed E-state index contributed by atoms with van der Waals surface area (Å²) in [7, 11) is 3.37. The van der Waals surface area contributed by atoms with E-state index in [-0.39, 0.29) is 17.6 Å². The van der Waals surface area contributed by atoms with Crippen LogP contribution in [0.15, 0.2) is 12.7 Å². The third-order valence-electron chi connectivity index (χ3n) is 2.79. The maximum Gasteiger partial charge on any atom is 0.235 e. The summed E-state index contributed by atoms with van der Waals surface area (Å²) < 4.78 is 0. The Hall–Kier alpha value is -1.12. The van der Waals surface area contributed by atoms with E-state index in [9.17, 15) is 9.59 Å². The predicted molar refractivity (Wildman–Crippen MR) is 66.1 cm³/mol. The van der Waals surface area contributed by atoms with Gasteiger partial charge in [0.1, 0.15) is 5.41 Å². The zero-order valence-corrected chi connectivity index (χ0v) is 11.0. The zero-order valence-electron chi connectivity index (χ0n) is 11.0. The molecule has 0 aromatic carbocycles. The highest BCUT2D eigenvalue weighted by molar-refractivity contribution is 6.06. The van der Waals surface area contributed by atoms with Crippen molar-refractivity contribution in [1.29, 1.82) is 0 Å². The molecule has 0 rings (SSSR count). The van der Waals surface area contributed by atoms with Crippen molar-refractivity contribution in [3.8, 4) is 0 Å². The molecule has 16 heavy (non-hydrogen) atoms. The van der Waals surface area contributed by atoms with Gasteiger partial charge in [-0.15, -0.1) is 6.58 Å². The largest absolute Gasteiger partial charge is 0.348 e. The predicted octanol–water partition coefficient (Wildman–Crippen LogP) is 2.27. The van der Waals surface area contributed by atoms with E-state index >= 15 is 0 Å². The molecule has 0 aromatic heterocycles. The van der Waals surface area contributed by atoms with Gasteiger partial charge in [-0.25, -0.2) is 0 Å². The fourth-order valence-electron chi connectivity index (χ4n) is 1.86. The second-order valence-corrected chi connectivity index (χ2v) is 4.88. The van der Waals surface area contributed by atoms with Crippen LogP contribution in [0.2, 0.25) is 0 Å². The van der Waals surface area contributed by atoms with E-state index in [0.29, 0.717) is 12.8 Å². The first-order chi connectivity index (χ1) is 7.27. The molecule has 0 bridgehead atoms. The highest BCUT2D eigenvalue weighted by atomic mass is 16.2. The minimum Gasteiger partial charge on any atom is -0.348 e. The molecule has 3 nitrogen and oxygen atoms in total. The lowest BCUT2D eigenvalue weighted by molar-refractivity contribution is -0.148. The van der Waals surface area contributed by atoms with Crippen molar-refractivity contribution in [3.63, 3.8) is 0 Å². The molecule has 1 unspecified atom stereocenters. The third kappa shape index (κ3) is 3.19. The molecule has 0 heterocycles. The molecule has 0 N–H and O–H groups in total. The molecular weight excluding hydrogens is 202 g/mol. The average molecular weight is 225 g/mol. The first-order valence-corrected chi connectivity index (χ1v) is 5.64. The Morgan fingerprint density at radius 3 is 2.19 bits per heavy atom. The lowest BCUT2D eigenvalue weighted by atomic mass is 9.76. The zero-order chi connectivity index (χ0) is 12.9. The molecule has 0 spiro atoms. The van der Waals surface area contributed by atoms with Crippen molar-refractivity contribution in [3.05, 3.63) is 12.7 Å². The lowest BCUT2D eigenvalue weighted by Crippen LogP contribution is -2.45. The summed E-state index contributed by atoms with van der Waals surface area (Å²) in [6, 6.07) is 0. The summed E-state index contributed by atoms with van der Waals surface area (Å²) in [5.74, 6) is -0.236. The van der Waals surface area contributed by atoms with Gasteiger partial charge in [0.25, 0.3) is 0 Å². The van der Waals surface area contributed by atoms with Gasteiger partial charge in [-0.2, -0.15) is 0 Å². The lowest BCUT2D eigenvalue weighted by Gasteiger charge is -2.31. The van der Waals surface area contributed by atoms with Crippen LogP contribution in [0, 0.1) is 11.3 Å². The quantitative estimate of drug-likeness (QED) is 0.513. The number of Topliss-reactive ketones (excluding diaryl/α,β-unsaturated/α-hetero) is 1. The number of allylic oxidation sites excluding steroid dienone is 1. The summed E-state index contributed by atoms with van der Waals surface area (Å²) >= 11 is 0. The number of carbonyl (C=O) groups is 2. The number of rotatable bonds is 6. The standard InChI is InChI=1S/C13H23NO2/c1-7-8-9-13(4,11(15)10(2)3)12(16)14(5)6/h7,10H,1,8-9H2,2-6H3. The van der Waals surface area contributed by atoms with E-state index in [1.807, 2.05) is 13.8 Å². The van der Waals surface area contributed by atoms with Crippen molar-refractivity contribution < 1.29 is 9.59 Å². The van der Waals surface area contributed by atoms with Crippen molar-refractivity contribution in [1.82, 2.24) is 4.90 Å². The van der Waals surface area contributed by atoms with Crippen LogP contribution in [0.5, 0.6) is 0 Å². The van der Waals surface area contributed by atoms with Gasteiger partial charge in [-0.3, -0.25) is 9.59 Å². The fraction of sp³-hybridized carbons (Fsp3) is 0.692. The molecule has 1 amide bonds. The molecule has 0 aliphatic rings. The van der Waals surface area contributed by atoms with Crippen molar-refractivity contribution in [2.24, 2.45) is 11.3 Å². The second-order valence-electron chi connectivity index (χ2n) is 4.88. The summed E-state index contributed by atoms with van der Waals surface area (Å²) in [4.78, 5) is 25.7. The number of ketones is 1. The molecule has 0 aliphatic carbocycles. The van der Waals surface area contributed by atoms with Crippen LogP contribution in [-0.2, 0) is 9.59 Å². The number of carbonyl (C=O) groups excluding carboxylic acids is 2. The van der Waals surface area contributed by atoms with Gasteiger partial charge >= 0.3 is 0 Å². The monoisotopic (exact) mass is 225 g/mol. The normalized spacial score (nSPS) is 14.4. The van der Waals surface area contributed by atoms with Crippen molar-refractivity contribution in [2.75, 3.05) is 14.1 Å². The summed E-state index contributed by atoms with van der Waals surface area (Å²) in [6.07, 6.45) is 2.95. The van der Waals surface area contributed by atoms with Gasteiger partial charge in [0.2, 0.25) is 5.91 Å². The fourth-order valence-corrected chi connectivity index (χ4v) is 1.86. The Morgan fingerprint density at radius 2 is 1.88 bits per heavy atom. The average Bonchev–Trinajstić information content (AvgIpc) is 2.23. The molecular formula is C13H23NO2. The Labute approximate surface area is 98.5 Å². The van der Waals surface area contributed by atoms with E-state index in [1.54, 1.807) is 27.1 Å². The summed E-state index contributed by atoms with van der Waals surface area (Å²) in [5.41, 5.74) is -0.911. The first-order valence-electron chi connectivity index (χ1n) is 5.64. The van der Waals surface area contributed by atoms with Gasteiger partial charge in [0.15, 0.2) is 5.78 Å². The van der Waals surface area contributed by atoms with E-state index in [2.05, 4.69) is 6.58 Å². The Balaban J connectivity index is 5.09. The molecule has 92 valence electrons. The maximum absolute atomic E-state index is 12.1. The van der Waals surface area contributed by atoms with Gasteiger partial charge in [0.05, 0.1) is 0 Å². The SMILES string of the molecule is C=CCCC(C)(C(=O)C(C)C)C(=O)N(C)C. The number of nitrogens with zero attached hydrogens (tertiary/aromatic N) is 1. The molecule has 0 aliphatic heterocycles. The number of hydrogen-bond donors (Lipinski definition) is 0. The molecule has 0 saturated carbocycles. The maximum atomic E-state index is 12.1. The van der Waals surface area contributed by atoms with Crippen LogP contribution in [0.3, 0.4) is 0 Å². The van der Waals surface area contributed by atoms with Crippen LogP contribution >= 0.6 is 0 Å². The van der Waals surface area contributed by atoms with Gasteiger partial charge in [-0.05, 0) is 19.8 Å². The smallest absolute Gasteiger partial charge is 0.235 e. The van der Waals surface area contributed by atoms with Crippen molar-refractivity contribution in [2.45, 2.75) is 33.6 Å². The van der Waals surface area contributed by atoms with Gasteiger partial charge < -0.3 is 4.90 Å². The van der Waals surface area contributed by atoms with E-state index in [0.717, 1.165) is 0 Å². The minimum atomic E-state index is -0.911. The Bertz CT molecular complexity index is 260. The van der Waals surface area contributed by atoms with Crippen LogP contribution in [0.25, 0.3) is 0 Å². The van der Waals surface area contributed by atoms with Gasteiger partial charge in [0, 0.05) is 20.0 Å². The van der Waals surface area contributed by atoms with Crippen molar-refractivity contribution >= 4 is 11.7 Å².